The van der Waals surface area contributed by atoms with Gasteiger partial charge in [-0.25, -0.2) is 15.0 Å². The van der Waals surface area contributed by atoms with Crippen molar-refractivity contribution in [2.45, 2.75) is 22.8 Å². The van der Waals surface area contributed by atoms with E-state index in [0.717, 1.165) is 44.1 Å². The Morgan fingerprint density at radius 2 is 1.40 bits per heavy atom. The molecule has 15 nitrogen and oxygen atoms in total. The number of nitrogens with one attached hydrogen (secondary N) is 1. The van der Waals surface area contributed by atoms with Crippen molar-refractivity contribution >= 4 is 36.8 Å². The molecule has 1 saturated heterocycles. The van der Waals surface area contributed by atoms with Gasteiger partial charge in [-0.2, -0.15) is 16.8 Å². The number of aromatic nitrogens is 3. The summed E-state index contributed by atoms with van der Waals surface area (Å²) in [5.41, 5.74) is 0. The predicted octanol–water partition coefficient (Wildman–Crippen LogP) is 2.40. The third kappa shape index (κ3) is 9.93. The molecule has 0 aliphatic carbocycles. The average Bonchev–Trinajstić information content (AvgIpc) is 3.03. The standard InChI is InChI=1S/C20H30N6O3.C10H8O6S2/c1-16-15-21-9-10-26(16)18-20(24-8-7-22-18)29-14-13-27-17-5-4-6-23-19(17)28-12-11-25(2)3;11-17(12,13)9-5-1-3-7-8(9)4-2-6-10(7)18(14,15)16/h4-8,16,21H,9-15H2,1-3H3;1-6H,(H,11,12,13)(H,14,15,16)/t16-;/m1./s1. The SMILES string of the molecule is C[C@@H]1CNCCN1c1nccnc1OCCOc1cccnc1OCCN(C)C.O=S(=O)(O)c1cccc2c(S(=O)(=O)O)cccc12. The van der Waals surface area contributed by atoms with Crippen LogP contribution in [0.1, 0.15) is 6.92 Å². The van der Waals surface area contributed by atoms with Crippen molar-refractivity contribution in [3.8, 4) is 17.5 Å². The number of rotatable bonds is 12. The lowest BCUT2D eigenvalue weighted by atomic mass is 10.1. The van der Waals surface area contributed by atoms with E-state index in [1.165, 1.54) is 24.3 Å². The van der Waals surface area contributed by atoms with Crippen molar-refractivity contribution in [2.75, 3.05) is 65.0 Å². The van der Waals surface area contributed by atoms with E-state index in [9.17, 15) is 16.8 Å². The number of hydrogen-bond acceptors (Lipinski definition) is 13. The summed E-state index contributed by atoms with van der Waals surface area (Å²) in [4.78, 5) is 16.6. The lowest BCUT2D eigenvalue weighted by Gasteiger charge is -2.35. The molecule has 1 atom stereocenters. The average molecular weight is 691 g/mol. The summed E-state index contributed by atoms with van der Waals surface area (Å²) in [7, 11) is -4.94. The van der Waals surface area contributed by atoms with Crippen LogP contribution in [0.15, 0.2) is 76.9 Å². The smallest absolute Gasteiger partial charge is 0.295 e. The van der Waals surface area contributed by atoms with Crippen LogP contribution in [0.2, 0.25) is 0 Å². The van der Waals surface area contributed by atoms with E-state index in [2.05, 4.69) is 37.0 Å². The van der Waals surface area contributed by atoms with Gasteiger partial charge in [0.15, 0.2) is 11.6 Å². The molecule has 2 aromatic heterocycles. The molecule has 17 heteroatoms. The molecule has 1 fully saturated rings. The van der Waals surface area contributed by atoms with Gasteiger partial charge in [-0.05, 0) is 45.3 Å². The summed E-state index contributed by atoms with van der Waals surface area (Å²) in [6, 6.07) is 11.5. The minimum absolute atomic E-state index is 0.0233. The first kappa shape index (κ1) is 35.7. The molecule has 2 aromatic carbocycles. The molecule has 0 saturated carbocycles. The molecule has 0 unspecified atom stereocenters. The number of pyridine rings is 1. The second kappa shape index (κ2) is 16.1. The quantitative estimate of drug-likeness (QED) is 0.145. The normalized spacial score (nSPS) is 15.2. The van der Waals surface area contributed by atoms with Gasteiger partial charge in [-0.15, -0.1) is 0 Å². The number of ether oxygens (including phenoxy) is 3. The van der Waals surface area contributed by atoms with Crippen molar-refractivity contribution in [2.24, 2.45) is 0 Å². The van der Waals surface area contributed by atoms with E-state index in [-0.39, 0.29) is 10.8 Å². The van der Waals surface area contributed by atoms with E-state index < -0.39 is 30.0 Å². The number of hydrogen-bond donors (Lipinski definition) is 3. The molecule has 0 amide bonds. The summed E-state index contributed by atoms with van der Waals surface area (Å²) in [5.74, 6) is 2.39. The second-order valence-corrected chi connectivity index (χ2v) is 13.4. The molecular weight excluding hydrogens is 652 g/mol. The number of fused-ring (bicyclic) bond motifs is 1. The zero-order valence-electron chi connectivity index (χ0n) is 26.2. The van der Waals surface area contributed by atoms with Gasteiger partial charge in [0.1, 0.15) is 29.6 Å². The Bertz CT molecular complexity index is 1790. The number of benzene rings is 2. The second-order valence-electron chi connectivity index (χ2n) is 10.6. The van der Waals surface area contributed by atoms with Crippen molar-refractivity contribution in [3.63, 3.8) is 0 Å². The number of likely N-dealkylation sites (N-methyl/N-ethyl adjacent to an activating group) is 1. The summed E-state index contributed by atoms with van der Waals surface area (Å²) in [6.07, 6.45) is 5.03. The zero-order valence-corrected chi connectivity index (χ0v) is 27.8. The van der Waals surface area contributed by atoms with Crippen molar-refractivity contribution in [3.05, 3.63) is 67.1 Å². The molecule has 0 radical (unpaired) electrons. The maximum absolute atomic E-state index is 11.2. The lowest BCUT2D eigenvalue weighted by Crippen LogP contribution is -2.50. The molecule has 5 rings (SSSR count). The van der Waals surface area contributed by atoms with Crippen LogP contribution in [0, 0.1) is 0 Å². The Kier molecular flexibility index (Phi) is 12.3. The molecular formula is C30H38N6O9S2. The highest BCUT2D eigenvalue weighted by Crippen LogP contribution is 2.28. The molecule has 1 aliphatic rings. The highest BCUT2D eigenvalue weighted by atomic mass is 32.2. The fourth-order valence-electron chi connectivity index (χ4n) is 4.68. The van der Waals surface area contributed by atoms with Gasteiger partial charge < -0.3 is 29.3 Å². The molecule has 1 aliphatic heterocycles. The van der Waals surface area contributed by atoms with Crippen LogP contribution in [0.25, 0.3) is 10.8 Å². The molecule has 254 valence electrons. The highest BCUT2D eigenvalue weighted by Gasteiger charge is 2.23. The van der Waals surface area contributed by atoms with Crippen LogP contribution < -0.4 is 24.4 Å². The first-order valence-electron chi connectivity index (χ1n) is 14.6. The van der Waals surface area contributed by atoms with Crippen molar-refractivity contribution in [1.82, 2.24) is 25.2 Å². The Hall–Kier alpha value is -4.13. The van der Waals surface area contributed by atoms with E-state index in [0.29, 0.717) is 43.4 Å². The van der Waals surface area contributed by atoms with E-state index in [1.807, 2.05) is 26.2 Å². The Balaban J connectivity index is 0.000000238. The van der Waals surface area contributed by atoms with Crippen LogP contribution in [0.3, 0.4) is 0 Å². The minimum atomic E-state index is -4.47. The maximum Gasteiger partial charge on any atom is 0.295 e. The lowest BCUT2D eigenvalue weighted by molar-refractivity contribution is 0.195. The maximum atomic E-state index is 11.2. The Labute approximate surface area is 274 Å². The minimum Gasteiger partial charge on any atom is -0.484 e. The van der Waals surface area contributed by atoms with Gasteiger partial charge in [0, 0.05) is 61.6 Å². The Morgan fingerprint density at radius 3 is 2.02 bits per heavy atom. The molecule has 3 N–H and O–H groups in total. The fourth-order valence-corrected chi connectivity index (χ4v) is 6.10. The molecule has 4 aromatic rings. The molecule has 0 bridgehead atoms. The van der Waals surface area contributed by atoms with Crippen LogP contribution in [-0.2, 0) is 20.2 Å². The van der Waals surface area contributed by atoms with Crippen LogP contribution in [0.4, 0.5) is 5.82 Å². The predicted molar refractivity (Wildman–Crippen MR) is 175 cm³/mol. The topological polar surface area (TPSA) is 194 Å². The highest BCUT2D eigenvalue weighted by molar-refractivity contribution is 7.86. The third-order valence-electron chi connectivity index (χ3n) is 6.91. The van der Waals surface area contributed by atoms with Crippen molar-refractivity contribution in [1.29, 1.82) is 0 Å². The van der Waals surface area contributed by atoms with Crippen LogP contribution >= 0.6 is 0 Å². The third-order valence-corrected chi connectivity index (χ3v) is 8.73. The van der Waals surface area contributed by atoms with Crippen molar-refractivity contribution < 1.29 is 40.2 Å². The van der Waals surface area contributed by atoms with Gasteiger partial charge in [0.2, 0.25) is 0 Å². The monoisotopic (exact) mass is 690 g/mol. The van der Waals surface area contributed by atoms with E-state index in [1.54, 1.807) is 18.6 Å². The van der Waals surface area contributed by atoms with E-state index in [4.69, 9.17) is 23.3 Å². The number of nitrogens with zero attached hydrogens (tertiary/aromatic N) is 5. The summed E-state index contributed by atoms with van der Waals surface area (Å²) in [5, 5.41) is 3.43. The van der Waals surface area contributed by atoms with Gasteiger partial charge in [-0.1, -0.05) is 24.3 Å². The van der Waals surface area contributed by atoms with Gasteiger partial charge in [0.25, 0.3) is 32.0 Å². The van der Waals surface area contributed by atoms with Gasteiger partial charge in [-0.3, -0.25) is 9.11 Å². The largest absolute Gasteiger partial charge is 0.484 e. The van der Waals surface area contributed by atoms with E-state index >= 15 is 0 Å². The zero-order chi connectivity index (χ0) is 34.0. The van der Waals surface area contributed by atoms with Crippen LogP contribution in [-0.4, -0.2) is 112 Å². The fraction of sp³-hybridized carbons (Fsp3) is 0.367. The number of piperazine rings is 1. The molecule has 47 heavy (non-hydrogen) atoms. The first-order chi connectivity index (χ1) is 22.4. The summed E-state index contributed by atoms with van der Waals surface area (Å²) < 4.78 is 80.1. The summed E-state index contributed by atoms with van der Waals surface area (Å²) >= 11 is 0. The first-order valence-corrected chi connectivity index (χ1v) is 17.5. The van der Waals surface area contributed by atoms with Gasteiger partial charge >= 0.3 is 0 Å². The molecule has 0 spiro atoms. The Morgan fingerprint density at radius 1 is 0.809 bits per heavy atom. The van der Waals surface area contributed by atoms with Crippen LogP contribution in [0.5, 0.6) is 17.5 Å². The number of anilines is 1. The van der Waals surface area contributed by atoms with Gasteiger partial charge in [0.05, 0.1) is 0 Å². The molecule has 3 heterocycles. The summed E-state index contributed by atoms with van der Waals surface area (Å²) in [6.45, 7) is 6.91.